The van der Waals surface area contributed by atoms with Gasteiger partial charge in [-0.25, -0.2) is 10.8 Å². The van der Waals surface area contributed by atoms with Gasteiger partial charge in [0.05, 0.1) is 17.5 Å². The number of aliphatic hydroxyl groups excluding tert-OH is 1. The predicted octanol–water partition coefficient (Wildman–Crippen LogP) is 1.22. The summed E-state index contributed by atoms with van der Waals surface area (Å²) in [6, 6.07) is 2.05. The number of hydrazine groups is 1. The summed E-state index contributed by atoms with van der Waals surface area (Å²) in [6.07, 6.45) is 1.92. The lowest BCUT2D eigenvalue weighted by Gasteiger charge is -2.16. The Balaban J connectivity index is 2.07. The Labute approximate surface area is 108 Å². The standard InChI is InChI=1S/C11H15N5OS/c1-6-4-7-8(15-11(5-17)2-3-11)13-10(16-12)14-9(7)18-6/h4,17H,2-3,5,12H2,1H3,(H2,13,14,15,16). The van der Waals surface area contributed by atoms with Crippen molar-refractivity contribution < 1.29 is 5.11 Å². The van der Waals surface area contributed by atoms with Gasteiger partial charge in [-0.15, -0.1) is 11.3 Å². The third-order valence-electron chi connectivity index (χ3n) is 3.18. The van der Waals surface area contributed by atoms with E-state index in [9.17, 15) is 5.11 Å². The molecule has 2 aromatic rings. The zero-order valence-corrected chi connectivity index (χ0v) is 10.8. The maximum absolute atomic E-state index is 9.38. The Hall–Kier alpha value is -1.44. The predicted molar refractivity (Wildman–Crippen MR) is 72.6 cm³/mol. The molecular formula is C11H15N5OS. The zero-order valence-electron chi connectivity index (χ0n) is 10.0. The molecule has 7 heteroatoms. The topological polar surface area (TPSA) is 96.1 Å². The van der Waals surface area contributed by atoms with E-state index >= 15 is 0 Å². The second-order valence-corrected chi connectivity index (χ2v) is 5.91. The maximum Gasteiger partial charge on any atom is 0.240 e. The highest BCUT2D eigenvalue weighted by Crippen LogP contribution is 2.40. The van der Waals surface area contributed by atoms with Crippen molar-refractivity contribution in [2.24, 2.45) is 5.84 Å². The molecule has 5 N–H and O–H groups in total. The summed E-state index contributed by atoms with van der Waals surface area (Å²) in [5.41, 5.74) is 2.27. The molecule has 1 saturated carbocycles. The minimum absolute atomic E-state index is 0.118. The maximum atomic E-state index is 9.38. The molecule has 1 aliphatic rings. The van der Waals surface area contributed by atoms with E-state index in [0.717, 1.165) is 28.9 Å². The summed E-state index contributed by atoms with van der Waals surface area (Å²) in [6.45, 7) is 2.15. The Morgan fingerprint density at radius 3 is 2.89 bits per heavy atom. The minimum atomic E-state index is -0.205. The van der Waals surface area contributed by atoms with Crippen molar-refractivity contribution >= 4 is 33.3 Å². The highest BCUT2D eigenvalue weighted by atomic mass is 32.1. The van der Waals surface area contributed by atoms with Gasteiger partial charge in [0.1, 0.15) is 10.6 Å². The van der Waals surface area contributed by atoms with Crippen LogP contribution in [0.25, 0.3) is 10.2 Å². The van der Waals surface area contributed by atoms with Gasteiger partial charge in [0.25, 0.3) is 0 Å². The Kier molecular flexibility index (Phi) is 2.61. The quantitative estimate of drug-likeness (QED) is 0.490. The molecule has 0 atom stereocenters. The molecule has 2 aromatic heterocycles. The average Bonchev–Trinajstić information content (AvgIpc) is 3.03. The molecule has 1 fully saturated rings. The molecule has 0 aliphatic heterocycles. The first-order chi connectivity index (χ1) is 8.65. The lowest BCUT2D eigenvalue weighted by molar-refractivity contribution is 0.266. The highest BCUT2D eigenvalue weighted by Gasteiger charge is 2.42. The first-order valence-corrected chi connectivity index (χ1v) is 6.61. The second-order valence-electron chi connectivity index (χ2n) is 4.68. The minimum Gasteiger partial charge on any atom is -0.394 e. The van der Waals surface area contributed by atoms with E-state index in [1.807, 2.05) is 6.92 Å². The molecule has 0 saturated heterocycles. The number of nitrogens with zero attached hydrogens (tertiary/aromatic N) is 2. The van der Waals surface area contributed by atoms with E-state index in [1.54, 1.807) is 11.3 Å². The fourth-order valence-corrected chi connectivity index (χ4v) is 2.81. The van der Waals surface area contributed by atoms with Crippen molar-refractivity contribution in [3.05, 3.63) is 10.9 Å². The van der Waals surface area contributed by atoms with Crippen LogP contribution in [0, 0.1) is 6.92 Å². The molecule has 0 bridgehead atoms. The summed E-state index contributed by atoms with van der Waals surface area (Å²) in [5.74, 6) is 6.51. The third-order valence-corrected chi connectivity index (χ3v) is 4.13. The highest BCUT2D eigenvalue weighted by molar-refractivity contribution is 7.18. The molecular weight excluding hydrogens is 250 g/mol. The number of aromatic nitrogens is 2. The summed E-state index contributed by atoms with van der Waals surface area (Å²) in [7, 11) is 0. The normalized spacial score (nSPS) is 16.8. The smallest absolute Gasteiger partial charge is 0.240 e. The number of fused-ring (bicyclic) bond motifs is 1. The van der Waals surface area contributed by atoms with Gasteiger partial charge in [0.2, 0.25) is 5.95 Å². The van der Waals surface area contributed by atoms with E-state index in [-0.39, 0.29) is 12.1 Å². The number of aryl methyl sites for hydroxylation is 1. The molecule has 18 heavy (non-hydrogen) atoms. The molecule has 0 unspecified atom stereocenters. The second kappa shape index (κ2) is 4.04. The van der Waals surface area contributed by atoms with E-state index in [1.165, 1.54) is 4.88 Å². The summed E-state index contributed by atoms with van der Waals surface area (Å²) in [4.78, 5) is 10.7. The van der Waals surface area contributed by atoms with Crippen molar-refractivity contribution in [3.8, 4) is 0 Å². The van der Waals surface area contributed by atoms with Gasteiger partial charge in [0, 0.05) is 4.88 Å². The number of hydrogen-bond donors (Lipinski definition) is 4. The van der Waals surface area contributed by atoms with Crippen LogP contribution in [0.3, 0.4) is 0 Å². The van der Waals surface area contributed by atoms with Crippen LogP contribution in [0.15, 0.2) is 6.07 Å². The van der Waals surface area contributed by atoms with Gasteiger partial charge in [-0.05, 0) is 25.8 Å². The summed E-state index contributed by atoms with van der Waals surface area (Å²) >= 11 is 1.60. The first kappa shape index (κ1) is 11.6. The number of nitrogen functional groups attached to an aromatic ring is 1. The molecule has 2 heterocycles. The summed E-state index contributed by atoms with van der Waals surface area (Å²) < 4.78 is 0. The van der Waals surface area contributed by atoms with E-state index < -0.39 is 0 Å². The zero-order chi connectivity index (χ0) is 12.8. The molecule has 0 radical (unpaired) electrons. The van der Waals surface area contributed by atoms with Gasteiger partial charge in [-0.2, -0.15) is 4.98 Å². The first-order valence-electron chi connectivity index (χ1n) is 5.80. The number of rotatable bonds is 4. The van der Waals surface area contributed by atoms with Gasteiger partial charge in [-0.3, -0.25) is 5.43 Å². The number of thiophene rings is 1. The molecule has 0 spiro atoms. The molecule has 0 aromatic carbocycles. The molecule has 6 nitrogen and oxygen atoms in total. The van der Waals surface area contributed by atoms with Crippen molar-refractivity contribution in [1.82, 2.24) is 9.97 Å². The third kappa shape index (κ3) is 1.90. The van der Waals surface area contributed by atoms with E-state index in [4.69, 9.17) is 5.84 Å². The number of anilines is 2. The molecule has 1 aliphatic carbocycles. The molecule has 3 rings (SSSR count). The van der Waals surface area contributed by atoms with Crippen LogP contribution >= 0.6 is 11.3 Å². The van der Waals surface area contributed by atoms with Crippen LogP contribution < -0.4 is 16.6 Å². The lowest BCUT2D eigenvalue weighted by atomic mass is 10.2. The van der Waals surface area contributed by atoms with Crippen LogP contribution in [0.4, 0.5) is 11.8 Å². The van der Waals surface area contributed by atoms with Crippen LogP contribution in [-0.4, -0.2) is 27.2 Å². The Morgan fingerprint density at radius 1 is 1.50 bits per heavy atom. The summed E-state index contributed by atoms with van der Waals surface area (Å²) in [5, 5.41) is 13.7. The van der Waals surface area contributed by atoms with Crippen molar-refractivity contribution in [1.29, 1.82) is 0 Å². The van der Waals surface area contributed by atoms with E-state index in [0.29, 0.717) is 5.95 Å². The average molecular weight is 265 g/mol. The number of aliphatic hydroxyl groups is 1. The number of hydrogen-bond acceptors (Lipinski definition) is 7. The van der Waals surface area contributed by atoms with Crippen molar-refractivity contribution in [2.45, 2.75) is 25.3 Å². The Bertz CT molecular complexity index is 592. The van der Waals surface area contributed by atoms with Gasteiger partial charge in [-0.1, -0.05) is 0 Å². The van der Waals surface area contributed by atoms with Gasteiger partial charge < -0.3 is 10.4 Å². The van der Waals surface area contributed by atoms with E-state index in [2.05, 4.69) is 26.8 Å². The van der Waals surface area contributed by atoms with Crippen LogP contribution in [0.2, 0.25) is 0 Å². The fraction of sp³-hybridized carbons (Fsp3) is 0.455. The number of nitrogens with one attached hydrogen (secondary N) is 2. The van der Waals surface area contributed by atoms with Crippen LogP contribution in [-0.2, 0) is 0 Å². The van der Waals surface area contributed by atoms with Crippen molar-refractivity contribution in [2.75, 3.05) is 17.3 Å². The molecule has 96 valence electrons. The monoisotopic (exact) mass is 265 g/mol. The van der Waals surface area contributed by atoms with Gasteiger partial charge in [0.15, 0.2) is 0 Å². The molecule has 0 amide bonds. The largest absolute Gasteiger partial charge is 0.394 e. The van der Waals surface area contributed by atoms with Crippen molar-refractivity contribution in [3.63, 3.8) is 0 Å². The van der Waals surface area contributed by atoms with Crippen LogP contribution in [0.5, 0.6) is 0 Å². The Morgan fingerprint density at radius 2 is 2.28 bits per heavy atom. The fourth-order valence-electron chi connectivity index (χ4n) is 1.93. The van der Waals surface area contributed by atoms with Gasteiger partial charge >= 0.3 is 0 Å². The SMILES string of the molecule is Cc1cc2c(NC3(CO)CC3)nc(NN)nc2s1. The number of nitrogens with two attached hydrogens (primary N) is 1. The van der Waals surface area contributed by atoms with Crippen LogP contribution in [0.1, 0.15) is 17.7 Å². The lowest BCUT2D eigenvalue weighted by Crippen LogP contribution is -2.26.